The Hall–Kier alpha value is -7.23. The van der Waals surface area contributed by atoms with E-state index in [0.717, 1.165) is 55.5 Å². The molecule has 11 rings (SSSR count). The lowest BCUT2D eigenvalue weighted by atomic mass is 9.81. The van der Waals surface area contributed by atoms with E-state index < -0.39 is 0 Å². The number of nitrogens with zero attached hydrogens (tertiary/aromatic N) is 3. The number of fused-ring (bicyclic) bond motifs is 6. The van der Waals surface area contributed by atoms with E-state index in [1.54, 1.807) is 0 Å². The van der Waals surface area contributed by atoms with E-state index in [1.807, 2.05) is 30.5 Å². The van der Waals surface area contributed by atoms with Crippen molar-refractivity contribution in [1.29, 1.82) is 0 Å². The Balaban J connectivity index is 1.08. The molecule has 3 heteroatoms. The highest BCUT2D eigenvalue weighted by Crippen LogP contribution is 2.54. The number of hydrogen-bond acceptors (Lipinski definition) is 3. The maximum atomic E-state index is 5.28. The SMILES string of the molecule is CC1(C)c2cc3ccccc3cc2-c2c(-c3ccc(-c4cc(-c5cccc(-c6ccc7ncccc7c6)c5)nc(-c5ccccc5)n4)c4ccccc34)cccc21. The zero-order chi connectivity index (χ0) is 38.1. The molecule has 10 aromatic rings. The van der Waals surface area contributed by atoms with Crippen molar-refractivity contribution in [2.45, 2.75) is 19.3 Å². The molecular formula is C54H37N3. The van der Waals surface area contributed by atoms with Crippen LogP contribution in [0.4, 0.5) is 0 Å². The second-order valence-corrected chi connectivity index (χ2v) is 15.6. The van der Waals surface area contributed by atoms with E-state index >= 15 is 0 Å². The molecule has 0 saturated carbocycles. The van der Waals surface area contributed by atoms with Gasteiger partial charge >= 0.3 is 0 Å². The number of aromatic nitrogens is 3. The van der Waals surface area contributed by atoms with Gasteiger partial charge in [-0.2, -0.15) is 0 Å². The van der Waals surface area contributed by atoms with Gasteiger partial charge in [-0.15, -0.1) is 0 Å². The second kappa shape index (κ2) is 12.9. The maximum Gasteiger partial charge on any atom is 0.160 e. The van der Waals surface area contributed by atoms with Crippen LogP contribution >= 0.6 is 0 Å². The zero-order valence-electron chi connectivity index (χ0n) is 31.7. The average Bonchev–Trinajstić information content (AvgIpc) is 3.50. The van der Waals surface area contributed by atoms with Crippen LogP contribution in [0, 0.1) is 0 Å². The van der Waals surface area contributed by atoms with Crippen LogP contribution in [0.3, 0.4) is 0 Å². The van der Waals surface area contributed by atoms with Gasteiger partial charge in [0.1, 0.15) is 0 Å². The number of benzene rings is 8. The summed E-state index contributed by atoms with van der Waals surface area (Å²) in [6.45, 7) is 4.73. The molecule has 1 aliphatic rings. The standard InChI is InChI=1S/C54H37N3/c1-54(2)47-23-11-22-45(52(47)46-31-36-15-6-7-16-37(36)32-48(46)54)43-25-26-44(42-21-9-8-20-41(42)43)51-33-50(56-53(57-51)34-13-4-3-5-14-34)40-18-10-17-35(29-40)38-24-27-49-39(30-38)19-12-28-55-49/h3-33H,1-2H3. The molecule has 0 bridgehead atoms. The molecule has 0 fully saturated rings. The molecule has 0 radical (unpaired) electrons. The van der Waals surface area contributed by atoms with Gasteiger partial charge in [0.15, 0.2) is 5.82 Å². The molecule has 2 aromatic heterocycles. The van der Waals surface area contributed by atoms with Crippen molar-refractivity contribution >= 4 is 32.4 Å². The molecule has 3 nitrogen and oxygen atoms in total. The van der Waals surface area contributed by atoms with Crippen LogP contribution in [0.2, 0.25) is 0 Å². The first-order valence-electron chi connectivity index (χ1n) is 19.6. The fraction of sp³-hybridized carbons (Fsp3) is 0.0556. The van der Waals surface area contributed by atoms with Crippen LogP contribution in [0.15, 0.2) is 188 Å². The van der Waals surface area contributed by atoms with E-state index in [0.29, 0.717) is 5.82 Å². The van der Waals surface area contributed by atoms with Crippen molar-refractivity contribution in [3.05, 3.63) is 199 Å². The highest BCUT2D eigenvalue weighted by Gasteiger charge is 2.37. The van der Waals surface area contributed by atoms with Crippen molar-refractivity contribution in [2.75, 3.05) is 0 Å². The number of rotatable bonds is 5. The van der Waals surface area contributed by atoms with Crippen LogP contribution in [0.25, 0.3) is 99.7 Å². The van der Waals surface area contributed by atoms with Gasteiger partial charge in [-0.3, -0.25) is 4.98 Å². The Labute approximate surface area is 332 Å². The normalized spacial score (nSPS) is 12.9. The minimum absolute atomic E-state index is 0.117. The fourth-order valence-corrected chi connectivity index (χ4v) is 9.02. The Kier molecular flexibility index (Phi) is 7.52. The smallest absolute Gasteiger partial charge is 0.160 e. The van der Waals surface area contributed by atoms with Crippen molar-refractivity contribution in [3.8, 4) is 67.3 Å². The lowest BCUT2D eigenvalue weighted by Gasteiger charge is -2.22. The highest BCUT2D eigenvalue weighted by atomic mass is 14.9. The predicted molar refractivity (Wildman–Crippen MR) is 237 cm³/mol. The lowest BCUT2D eigenvalue weighted by molar-refractivity contribution is 0.661. The largest absolute Gasteiger partial charge is 0.256 e. The van der Waals surface area contributed by atoms with E-state index in [-0.39, 0.29) is 5.41 Å². The van der Waals surface area contributed by atoms with Gasteiger partial charge in [-0.05, 0) is 109 Å². The molecule has 268 valence electrons. The van der Waals surface area contributed by atoms with Gasteiger partial charge in [0.05, 0.1) is 16.9 Å². The molecule has 1 aliphatic carbocycles. The zero-order valence-corrected chi connectivity index (χ0v) is 31.7. The molecule has 2 heterocycles. The Morgan fingerprint density at radius 1 is 0.386 bits per heavy atom. The predicted octanol–water partition coefficient (Wildman–Crippen LogP) is 14.0. The second-order valence-electron chi connectivity index (χ2n) is 15.6. The third kappa shape index (κ3) is 5.46. The summed E-state index contributed by atoms with van der Waals surface area (Å²) >= 11 is 0. The van der Waals surface area contributed by atoms with Crippen LogP contribution in [0.1, 0.15) is 25.0 Å². The number of pyridine rings is 1. The van der Waals surface area contributed by atoms with E-state index in [4.69, 9.17) is 9.97 Å². The molecular weight excluding hydrogens is 691 g/mol. The molecule has 8 aromatic carbocycles. The Bertz CT molecular complexity index is 3220. The summed E-state index contributed by atoms with van der Waals surface area (Å²) in [6, 6.07) is 65.4. The van der Waals surface area contributed by atoms with Gasteiger partial charge in [-0.25, -0.2) is 9.97 Å². The first-order valence-corrected chi connectivity index (χ1v) is 19.6. The van der Waals surface area contributed by atoms with E-state index in [2.05, 4.69) is 177 Å². The highest BCUT2D eigenvalue weighted by molar-refractivity contribution is 6.08. The van der Waals surface area contributed by atoms with Crippen LogP contribution in [-0.4, -0.2) is 15.0 Å². The minimum Gasteiger partial charge on any atom is -0.256 e. The van der Waals surface area contributed by atoms with Gasteiger partial charge < -0.3 is 0 Å². The molecule has 0 unspecified atom stereocenters. The summed E-state index contributed by atoms with van der Waals surface area (Å²) in [4.78, 5) is 15.0. The fourth-order valence-electron chi connectivity index (χ4n) is 9.02. The maximum absolute atomic E-state index is 5.28. The average molecular weight is 728 g/mol. The summed E-state index contributed by atoms with van der Waals surface area (Å²) in [5, 5.41) is 6.03. The molecule has 57 heavy (non-hydrogen) atoms. The summed E-state index contributed by atoms with van der Waals surface area (Å²) in [5.41, 5.74) is 15.9. The summed E-state index contributed by atoms with van der Waals surface area (Å²) in [6.07, 6.45) is 1.84. The van der Waals surface area contributed by atoms with Crippen LogP contribution in [0.5, 0.6) is 0 Å². The third-order valence-electron chi connectivity index (χ3n) is 11.9. The van der Waals surface area contributed by atoms with Gasteiger partial charge in [0.25, 0.3) is 0 Å². The van der Waals surface area contributed by atoms with E-state index in [9.17, 15) is 0 Å². The minimum atomic E-state index is -0.117. The van der Waals surface area contributed by atoms with Crippen molar-refractivity contribution in [1.82, 2.24) is 15.0 Å². The monoisotopic (exact) mass is 727 g/mol. The third-order valence-corrected chi connectivity index (χ3v) is 11.9. The van der Waals surface area contributed by atoms with Gasteiger partial charge in [0, 0.05) is 33.7 Å². The molecule has 0 saturated heterocycles. The quantitative estimate of drug-likeness (QED) is 0.177. The summed E-state index contributed by atoms with van der Waals surface area (Å²) in [7, 11) is 0. The van der Waals surface area contributed by atoms with Crippen LogP contribution in [-0.2, 0) is 5.41 Å². The van der Waals surface area contributed by atoms with Crippen molar-refractivity contribution in [3.63, 3.8) is 0 Å². The number of hydrogen-bond donors (Lipinski definition) is 0. The molecule has 0 N–H and O–H groups in total. The van der Waals surface area contributed by atoms with Crippen molar-refractivity contribution < 1.29 is 0 Å². The van der Waals surface area contributed by atoms with Gasteiger partial charge in [0.2, 0.25) is 0 Å². The Morgan fingerprint density at radius 2 is 1.05 bits per heavy atom. The van der Waals surface area contributed by atoms with Gasteiger partial charge in [-0.1, -0.05) is 153 Å². The van der Waals surface area contributed by atoms with Crippen LogP contribution < -0.4 is 0 Å². The molecule has 0 atom stereocenters. The molecule has 0 aliphatic heterocycles. The summed E-state index contributed by atoms with van der Waals surface area (Å²) in [5.74, 6) is 0.699. The molecule has 0 amide bonds. The molecule has 0 spiro atoms. The Morgan fingerprint density at radius 3 is 1.91 bits per heavy atom. The van der Waals surface area contributed by atoms with E-state index in [1.165, 1.54) is 49.5 Å². The first-order chi connectivity index (χ1) is 28.0. The first kappa shape index (κ1) is 33.1. The lowest BCUT2D eigenvalue weighted by Crippen LogP contribution is -2.14. The summed E-state index contributed by atoms with van der Waals surface area (Å²) < 4.78 is 0. The van der Waals surface area contributed by atoms with Crippen molar-refractivity contribution in [2.24, 2.45) is 0 Å². The topological polar surface area (TPSA) is 38.7 Å².